The van der Waals surface area contributed by atoms with Crippen LogP contribution in [0.4, 0.5) is 5.69 Å². The van der Waals surface area contributed by atoms with Gasteiger partial charge in [0.1, 0.15) is 0 Å². The molecule has 0 spiro atoms. The van der Waals surface area contributed by atoms with Crippen LogP contribution in [0.1, 0.15) is 25.7 Å². The second-order valence-electron chi connectivity index (χ2n) is 5.70. The molecule has 1 saturated carbocycles. The SMILES string of the molecule is NC1CCCCC1CNc1ccc2c(=O)[nH]ccc2c1. The van der Waals surface area contributed by atoms with Gasteiger partial charge in [0.25, 0.3) is 5.56 Å². The van der Waals surface area contributed by atoms with Gasteiger partial charge in [-0.15, -0.1) is 0 Å². The van der Waals surface area contributed by atoms with Crippen LogP contribution in [0.3, 0.4) is 0 Å². The maximum Gasteiger partial charge on any atom is 0.255 e. The van der Waals surface area contributed by atoms with Crippen LogP contribution in [0.5, 0.6) is 0 Å². The summed E-state index contributed by atoms with van der Waals surface area (Å²) in [5.41, 5.74) is 7.19. The van der Waals surface area contributed by atoms with Gasteiger partial charge in [0, 0.05) is 29.9 Å². The van der Waals surface area contributed by atoms with E-state index in [1.54, 1.807) is 6.20 Å². The molecule has 1 aliphatic carbocycles. The molecule has 2 unspecified atom stereocenters. The highest BCUT2D eigenvalue weighted by atomic mass is 16.1. The smallest absolute Gasteiger partial charge is 0.255 e. The number of hydrogen-bond donors (Lipinski definition) is 3. The van der Waals surface area contributed by atoms with Gasteiger partial charge in [0.15, 0.2) is 0 Å². The summed E-state index contributed by atoms with van der Waals surface area (Å²) in [4.78, 5) is 14.3. The van der Waals surface area contributed by atoms with E-state index in [9.17, 15) is 4.79 Å². The van der Waals surface area contributed by atoms with Crippen LogP contribution in [0, 0.1) is 5.92 Å². The molecule has 2 atom stereocenters. The lowest BCUT2D eigenvalue weighted by Gasteiger charge is -2.29. The van der Waals surface area contributed by atoms with E-state index in [4.69, 9.17) is 5.73 Å². The maximum absolute atomic E-state index is 11.6. The molecule has 2 aromatic rings. The predicted octanol–water partition coefficient (Wildman–Crippen LogP) is 2.46. The van der Waals surface area contributed by atoms with Crippen LogP contribution in [0.2, 0.25) is 0 Å². The molecule has 4 nitrogen and oxygen atoms in total. The number of pyridine rings is 1. The van der Waals surface area contributed by atoms with Crippen LogP contribution >= 0.6 is 0 Å². The molecule has 1 heterocycles. The van der Waals surface area contributed by atoms with Crippen molar-refractivity contribution in [2.24, 2.45) is 11.7 Å². The van der Waals surface area contributed by atoms with E-state index in [2.05, 4.69) is 10.3 Å². The van der Waals surface area contributed by atoms with Crippen molar-refractivity contribution in [2.45, 2.75) is 31.7 Å². The number of aromatic amines is 1. The molecule has 0 aliphatic heterocycles. The first-order valence-electron chi connectivity index (χ1n) is 7.35. The van der Waals surface area contributed by atoms with E-state index in [1.165, 1.54) is 19.3 Å². The van der Waals surface area contributed by atoms with Gasteiger partial charge in [-0.25, -0.2) is 0 Å². The normalized spacial score (nSPS) is 22.9. The second kappa shape index (κ2) is 5.67. The standard InChI is InChI=1S/C16H21N3O/c17-15-4-2-1-3-12(15)10-19-13-5-6-14-11(9-13)7-8-18-16(14)20/h5-9,12,15,19H,1-4,10,17H2,(H,18,20). The largest absolute Gasteiger partial charge is 0.385 e. The summed E-state index contributed by atoms with van der Waals surface area (Å²) in [6.45, 7) is 0.913. The molecule has 1 fully saturated rings. The minimum atomic E-state index is -0.0386. The third-order valence-corrected chi connectivity index (χ3v) is 4.31. The van der Waals surface area contributed by atoms with Gasteiger partial charge in [0.2, 0.25) is 0 Å². The minimum absolute atomic E-state index is 0.0386. The number of aromatic nitrogens is 1. The lowest BCUT2D eigenvalue weighted by atomic mass is 9.85. The summed E-state index contributed by atoms with van der Waals surface area (Å²) >= 11 is 0. The molecular formula is C16H21N3O. The number of H-pyrrole nitrogens is 1. The van der Waals surface area contributed by atoms with Crippen molar-refractivity contribution >= 4 is 16.5 Å². The fraction of sp³-hybridized carbons (Fsp3) is 0.438. The molecule has 4 heteroatoms. The van der Waals surface area contributed by atoms with Gasteiger partial charge in [-0.2, -0.15) is 0 Å². The van der Waals surface area contributed by atoms with Crippen molar-refractivity contribution in [1.29, 1.82) is 0 Å². The summed E-state index contributed by atoms with van der Waals surface area (Å²) in [5, 5.41) is 5.16. The lowest BCUT2D eigenvalue weighted by molar-refractivity contribution is 0.321. The number of benzene rings is 1. The molecule has 20 heavy (non-hydrogen) atoms. The highest BCUT2D eigenvalue weighted by Crippen LogP contribution is 2.24. The van der Waals surface area contributed by atoms with E-state index in [0.717, 1.165) is 29.4 Å². The number of hydrogen-bond acceptors (Lipinski definition) is 3. The Bertz CT molecular complexity index is 649. The number of rotatable bonds is 3. The van der Waals surface area contributed by atoms with Crippen LogP contribution in [0.15, 0.2) is 35.3 Å². The Morgan fingerprint density at radius 1 is 1.25 bits per heavy atom. The van der Waals surface area contributed by atoms with Gasteiger partial charge >= 0.3 is 0 Å². The Kier molecular flexibility index (Phi) is 3.74. The Labute approximate surface area is 118 Å². The van der Waals surface area contributed by atoms with Crippen molar-refractivity contribution in [3.05, 3.63) is 40.8 Å². The second-order valence-corrected chi connectivity index (χ2v) is 5.70. The Morgan fingerprint density at radius 3 is 2.95 bits per heavy atom. The van der Waals surface area contributed by atoms with Gasteiger partial charge in [0.05, 0.1) is 0 Å². The number of anilines is 1. The van der Waals surface area contributed by atoms with Gasteiger partial charge in [-0.3, -0.25) is 4.79 Å². The zero-order valence-corrected chi connectivity index (χ0v) is 11.6. The monoisotopic (exact) mass is 271 g/mol. The Hall–Kier alpha value is -1.81. The number of fused-ring (bicyclic) bond motifs is 1. The fourth-order valence-electron chi connectivity index (χ4n) is 3.04. The first-order chi connectivity index (χ1) is 9.74. The topological polar surface area (TPSA) is 70.9 Å². The molecule has 0 saturated heterocycles. The van der Waals surface area contributed by atoms with Crippen LogP contribution in [0.25, 0.3) is 10.8 Å². The van der Waals surface area contributed by atoms with Gasteiger partial charge in [-0.1, -0.05) is 12.8 Å². The summed E-state index contributed by atoms with van der Waals surface area (Å²) < 4.78 is 0. The average molecular weight is 271 g/mol. The maximum atomic E-state index is 11.6. The first-order valence-corrected chi connectivity index (χ1v) is 7.35. The fourth-order valence-corrected chi connectivity index (χ4v) is 3.04. The van der Waals surface area contributed by atoms with E-state index < -0.39 is 0 Å². The first kappa shape index (κ1) is 13.2. The summed E-state index contributed by atoms with van der Waals surface area (Å²) in [7, 11) is 0. The van der Waals surface area contributed by atoms with E-state index in [-0.39, 0.29) is 5.56 Å². The van der Waals surface area contributed by atoms with Gasteiger partial charge < -0.3 is 16.0 Å². The number of nitrogens with two attached hydrogens (primary N) is 1. The van der Waals surface area contributed by atoms with E-state index in [1.807, 2.05) is 24.3 Å². The molecule has 106 valence electrons. The van der Waals surface area contributed by atoms with Crippen molar-refractivity contribution in [3.8, 4) is 0 Å². The molecule has 4 N–H and O–H groups in total. The van der Waals surface area contributed by atoms with Crippen molar-refractivity contribution in [2.75, 3.05) is 11.9 Å². The zero-order valence-electron chi connectivity index (χ0n) is 11.6. The third-order valence-electron chi connectivity index (χ3n) is 4.31. The lowest BCUT2D eigenvalue weighted by Crippen LogP contribution is -2.37. The summed E-state index contributed by atoms with van der Waals surface area (Å²) in [6.07, 6.45) is 6.58. The predicted molar refractivity (Wildman–Crippen MR) is 83.0 cm³/mol. The average Bonchev–Trinajstić information content (AvgIpc) is 2.46. The molecule has 1 aliphatic rings. The highest BCUT2D eigenvalue weighted by Gasteiger charge is 2.21. The number of nitrogens with one attached hydrogen (secondary N) is 2. The highest BCUT2D eigenvalue weighted by molar-refractivity contribution is 5.84. The molecule has 1 aromatic carbocycles. The molecule has 0 amide bonds. The summed E-state index contributed by atoms with van der Waals surface area (Å²) in [6, 6.07) is 8.11. The third kappa shape index (κ3) is 2.70. The summed E-state index contributed by atoms with van der Waals surface area (Å²) in [5.74, 6) is 0.554. The molecule has 0 bridgehead atoms. The zero-order chi connectivity index (χ0) is 13.9. The molecule has 0 radical (unpaired) electrons. The van der Waals surface area contributed by atoms with E-state index >= 15 is 0 Å². The van der Waals surface area contributed by atoms with Gasteiger partial charge in [-0.05, 0) is 48.4 Å². The molecular weight excluding hydrogens is 250 g/mol. The van der Waals surface area contributed by atoms with Crippen molar-refractivity contribution in [3.63, 3.8) is 0 Å². The van der Waals surface area contributed by atoms with Crippen LogP contribution in [-0.4, -0.2) is 17.6 Å². The van der Waals surface area contributed by atoms with E-state index in [0.29, 0.717) is 12.0 Å². The van der Waals surface area contributed by atoms with Crippen molar-refractivity contribution in [1.82, 2.24) is 4.98 Å². The minimum Gasteiger partial charge on any atom is -0.385 e. The quantitative estimate of drug-likeness (QED) is 0.803. The Morgan fingerprint density at radius 2 is 2.10 bits per heavy atom. The van der Waals surface area contributed by atoms with Crippen LogP contribution < -0.4 is 16.6 Å². The Balaban J connectivity index is 1.73. The van der Waals surface area contributed by atoms with Crippen LogP contribution in [-0.2, 0) is 0 Å². The molecule has 1 aromatic heterocycles. The molecule has 3 rings (SSSR count). The van der Waals surface area contributed by atoms with Crippen molar-refractivity contribution < 1.29 is 0 Å².